The van der Waals surface area contributed by atoms with Crippen LogP contribution in [0.3, 0.4) is 0 Å². The number of aromatic nitrogens is 2. The van der Waals surface area contributed by atoms with Gasteiger partial charge in [-0.2, -0.15) is 5.10 Å². The molecule has 1 aromatic carbocycles. The number of halogens is 1. The van der Waals surface area contributed by atoms with Crippen LogP contribution in [0.5, 0.6) is 0 Å². The highest BCUT2D eigenvalue weighted by atomic mass is 19.1. The van der Waals surface area contributed by atoms with Gasteiger partial charge in [-0.05, 0) is 37.4 Å². The van der Waals surface area contributed by atoms with Crippen molar-refractivity contribution in [1.82, 2.24) is 15.1 Å². The van der Waals surface area contributed by atoms with Crippen molar-refractivity contribution in [3.63, 3.8) is 0 Å². The van der Waals surface area contributed by atoms with E-state index in [9.17, 15) is 4.39 Å². The molecule has 3 nitrogen and oxygen atoms in total. The number of benzene rings is 1. The summed E-state index contributed by atoms with van der Waals surface area (Å²) in [6.07, 6.45) is 1.84. The van der Waals surface area contributed by atoms with E-state index in [0.29, 0.717) is 0 Å². The van der Waals surface area contributed by atoms with Gasteiger partial charge in [0.05, 0.1) is 11.9 Å². The minimum absolute atomic E-state index is 0.219. The van der Waals surface area contributed by atoms with Gasteiger partial charge in [-0.25, -0.2) is 4.39 Å². The molecule has 0 aliphatic heterocycles. The highest BCUT2D eigenvalue weighted by Gasteiger charge is 2.10. The molecule has 2 rings (SSSR count). The molecule has 1 heterocycles. The number of hydrogen-bond donors (Lipinski definition) is 1. The lowest BCUT2D eigenvalue weighted by atomic mass is 10.1. The molecule has 0 fully saturated rings. The molecule has 0 aliphatic carbocycles. The molecule has 0 atom stereocenters. The lowest BCUT2D eigenvalue weighted by Gasteiger charge is -2.17. The number of nitrogens with zero attached hydrogens (tertiary/aromatic N) is 2. The quantitative estimate of drug-likeness (QED) is 0.880. The number of rotatable bonds is 5. The number of hydrogen-bond acceptors (Lipinski definition) is 2. The van der Waals surface area contributed by atoms with Gasteiger partial charge in [-0.3, -0.25) is 10.00 Å². The predicted octanol–water partition coefficient (Wildman–Crippen LogP) is 3.06. The zero-order chi connectivity index (χ0) is 13.0. The van der Waals surface area contributed by atoms with E-state index < -0.39 is 0 Å². The maximum atomic E-state index is 12.9. The number of aromatic amines is 1. The molecule has 0 saturated carbocycles. The number of H-pyrrole nitrogens is 1. The summed E-state index contributed by atoms with van der Waals surface area (Å²) in [5, 5.41) is 7.09. The number of nitrogens with one attached hydrogen (secondary N) is 1. The predicted molar refractivity (Wildman–Crippen MR) is 70.6 cm³/mol. The van der Waals surface area contributed by atoms with Gasteiger partial charge < -0.3 is 0 Å². The summed E-state index contributed by atoms with van der Waals surface area (Å²) in [7, 11) is 0. The van der Waals surface area contributed by atoms with Gasteiger partial charge in [0.15, 0.2) is 0 Å². The second-order valence-corrected chi connectivity index (χ2v) is 4.24. The SMILES string of the molecule is CCN(CC)Cc1cn[nH]c1-c1ccc(F)cc1. The molecule has 4 heteroatoms. The Kier molecular flexibility index (Phi) is 4.10. The van der Waals surface area contributed by atoms with Gasteiger partial charge in [0.1, 0.15) is 5.82 Å². The van der Waals surface area contributed by atoms with Crippen molar-refractivity contribution in [2.75, 3.05) is 13.1 Å². The Morgan fingerprint density at radius 2 is 1.83 bits per heavy atom. The van der Waals surface area contributed by atoms with E-state index in [1.807, 2.05) is 6.20 Å². The van der Waals surface area contributed by atoms with Crippen LogP contribution in [0.15, 0.2) is 30.5 Å². The van der Waals surface area contributed by atoms with E-state index in [1.165, 1.54) is 12.1 Å². The van der Waals surface area contributed by atoms with Gasteiger partial charge in [-0.1, -0.05) is 13.8 Å². The van der Waals surface area contributed by atoms with Crippen molar-refractivity contribution in [2.45, 2.75) is 20.4 Å². The van der Waals surface area contributed by atoms with Crippen LogP contribution >= 0.6 is 0 Å². The summed E-state index contributed by atoms with van der Waals surface area (Å²) in [4.78, 5) is 2.32. The van der Waals surface area contributed by atoms with Crippen LogP contribution in [0.25, 0.3) is 11.3 Å². The lowest BCUT2D eigenvalue weighted by molar-refractivity contribution is 0.296. The molecular weight excluding hydrogens is 229 g/mol. The fourth-order valence-electron chi connectivity index (χ4n) is 1.99. The van der Waals surface area contributed by atoms with Crippen molar-refractivity contribution >= 4 is 0 Å². The third kappa shape index (κ3) is 2.76. The Balaban J connectivity index is 2.24. The van der Waals surface area contributed by atoms with Crippen LogP contribution in [0, 0.1) is 5.82 Å². The summed E-state index contributed by atoms with van der Waals surface area (Å²) >= 11 is 0. The molecule has 0 aliphatic rings. The smallest absolute Gasteiger partial charge is 0.123 e. The van der Waals surface area contributed by atoms with Crippen molar-refractivity contribution in [3.8, 4) is 11.3 Å². The molecule has 2 aromatic rings. The third-order valence-corrected chi connectivity index (χ3v) is 3.14. The fraction of sp³-hybridized carbons (Fsp3) is 0.357. The van der Waals surface area contributed by atoms with Crippen LogP contribution in [0.1, 0.15) is 19.4 Å². The largest absolute Gasteiger partial charge is 0.299 e. The van der Waals surface area contributed by atoms with Gasteiger partial charge >= 0.3 is 0 Å². The monoisotopic (exact) mass is 247 g/mol. The Bertz CT molecular complexity index is 486. The van der Waals surface area contributed by atoms with Gasteiger partial charge in [0.25, 0.3) is 0 Å². The first-order valence-electron chi connectivity index (χ1n) is 6.25. The van der Waals surface area contributed by atoms with E-state index in [2.05, 4.69) is 28.9 Å². The molecular formula is C14H18FN3. The van der Waals surface area contributed by atoms with Crippen molar-refractivity contribution in [1.29, 1.82) is 0 Å². The van der Waals surface area contributed by atoms with E-state index in [4.69, 9.17) is 0 Å². The zero-order valence-electron chi connectivity index (χ0n) is 10.8. The molecule has 1 aromatic heterocycles. The second kappa shape index (κ2) is 5.78. The Hall–Kier alpha value is -1.68. The Morgan fingerprint density at radius 3 is 2.44 bits per heavy atom. The summed E-state index contributed by atoms with van der Waals surface area (Å²) in [5.74, 6) is -0.219. The van der Waals surface area contributed by atoms with Crippen molar-refractivity contribution in [2.24, 2.45) is 0 Å². The first-order valence-corrected chi connectivity index (χ1v) is 6.25. The maximum Gasteiger partial charge on any atom is 0.123 e. The summed E-state index contributed by atoms with van der Waals surface area (Å²) in [5.41, 5.74) is 3.09. The van der Waals surface area contributed by atoms with Crippen LogP contribution in [-0.2, 0) is 6.54 Å². The van der Waals surface area contributed by atoms with Crippen molar-refractivity contribution in [3.05, 3.63) is 41.8 Å². The third-order valence-electron chi connectivity index (χ3n) is 3.14. The first kappa shape index (κ1) is 12.8. The molecule has 0 saturated heterocycles. The second-order valence-electron chi connectivity index (χ2n) is 4.24. The fourth-order valence-corrected chi connectivity index (χ4v) is 1.99. The van der Waals surface area contributed by atoms with E-state index >= 15 is 0 Å². The van der Waals surface area contributed by atoms with Crippen LogP contribution < -0.4 is 0 Å². The molecule has 0 spiro atoms. The Labute approximate surface area is 107 Å². The van der Waals surface area contributed by atoms with E-state index in [1.54, 1.807) is 12.1 Å². The maximum absolute atomic E-state index is 12.9. The molecule has 1 N–H and O–H groups in total. The Morgan fingerprint density at radius 1 is 1.17 bits per heavy atom. The molecule has 0 unspecified atom stereocenters. The molecule has 0 bridgehead atoms. The van der Waals surface area contributed by atoms with Gasteiger partial charge in [-0.15, -0.1) is 0 Å². The van der Waals surface area contributed by atoms with Crippen LogP contribution in [0.4, 0.5) is 4.39 Å². The van der Waals surface area contributed by atoms with Gasteiger partial charge in [0.2, 0.25) is 0 Å². The molecule has 18 heavy (non-hydrogen) atoms. The standard InChI is InChI=1S/C14H18FN3/c1-3-18(4-2)10-12-9-16-17-14(12)11-5-7-13(15)8-6-11/h5-9H,3-4,10H2,1-2H3,(H,16,17). The van der Waals surface area contributed by atoms with E-state index in [-0.39, 0.29) is 5.82 Å². The minimum Gasteiger partial charge on any atom is -0.299 e. The summed E-state index contributed by atoms with van der Waals surface area (Å²) < 4.78 is 12.9. The molecule has 0 amide bonds. The average Bonchev–Trinajstić information content (AvgIpc) is 2.85. The van der Waals surface area contributed by atoms with E-state index in [0.717, 1.165) is 36.5 Å². The summed E-state index contributed by atoms with van der Waals surface area (Å²) in [6, 6.07) is 6.48. The highest BCUT2D eigenvalue weighted by Crippen LogP contribution is 2.22. The highest BCUT2D eigenvalue weighted by molar-refractivity contribution is 5.62. The first-order chi connectivity index (χ1) is 8.74. The lowest BCUT2D eigenvalue weighted by Crippen LogP contribution is -2.22. The normalized spacial score (nSPS) is 11.1. The van der Waals surface area contributed by atoms with Crippen LogP contribution in [-0.4, -0.2) is 28.2 Å². The topological polar surface area (TPSA) is 31.9 Å². The van der Waals surface area contributed by atoms with Crippen LogP contribution in [0.2, 0.25) is 0 Å². The summed E-state index contributed by atoms with van der Waals surface area (Å²) in [6.45, 7) is 7.15. The zero-order valence-corrected chi connectivity index (χ0v) is 10.8. The average molecular weight is 247 g/mol. The van der Waals surface area contributed by atoms with Crippen molar-refractivity contribution < 1.29 is 4.39 Å². The minimum atomic E-state index is -0.219. The molecule has 0 radical (unpaired) electrons. The molecule has 96 valence electrons. The van der Waals surface area contributed by atoms with Gasteiger partial charge in [0, 0.05) is 17.7 Å².